The van der Waals surface area contributed by atoms with Crippen LogP contribution in [0.4, 0.5) is 5.69 Å². The highest BCUT2D eigenvalue weighted by Gasteiger charge is 2.16. The molecule has 0 unspecified atom stereocenters. The molecule has 0 atom stereocenters. The maximum absolute atomic E-state index is 10.8. The summed E-state index contributed by atoms with van der Waals surface area (Å²) in [5.41, 5.74) is 0.469. The number of nitro benzene ring substituents is 1. The summed E-state index contributed by atoms with van der Waals surface area (Å²) in [4.78, 5) is 20.7. The van der Waals surface area contributed by atoms with Gasteiger partial charge < -0.3 is 10.2 Å². The average molecular weight is 237 g/mol. The van der Waals surface area contributed by atoms with E-state index in [1.54, 1.807) is 6.07 Å². The van der Waals surface area contributed by atoms with Gasteiger partial charge in [0.15, 0.2) is 0 Å². The van der Waals surface area contributed by atoms with Crippen molar-refractivity contribution in [3.05, 3.63) is 45.5 Å². The zero-order valence-electron chi connectivity index (χ0n) is 8.87. The third kappa shape index (κ3) is 3.69. The molecule has 0 fully saturated rings. The Morgan fingerprint density at radius 1 is 1.47 bits per heavy atom. The Morgan fingerprint density at radius 3 is 2.71 bits per heavy atom. The quantitative estimate of drug-likeness (QED) is 0.592. The Labute approximate surface area is 97.0 Å². The van der Waals surface area contributed by atoms with Crippen molar-refractivity contribution in [1.82, 2.24) is 0 Å². The second-order valence-electron chi connectivity index (χ2n) is 3.30. The van der Waals surface area contributed by atoms with Crippen molar-refractivity contribution < 1.29 is 19.9 Å². The van der Waals surface area contributed by atoms with Gasteiger partial charge in [0.25, 0.3) is 5.69 Å². The van der Waals surface area contributed by atoms with Crippen molar-refractivity contribution in [2.24, 2.45) is 0 Å². The van der Waals surface area contributed by atoms with Gasteiger partial charge in [-0.15, -0.1) is 0 Å². The molecule has 0 aliphatic carbocycles. The van der Waals surface area contributed by atoms with Crippen LogP contribution in [0.3, 0.4) is 0 Å². The molecule has 0 saturated carbocycles. The average Bonchev–Trinajstić information content (AvgIpc) is 2.26. The largest absolute Gasteiger partial charge is 0.481 e. The van der Waals surface area contributed by atoms with E-state index in [1.165, 1.54) is 24.3 Å². The smallest absolute Gasteiger partial charge is 0.308 e. The number of carbonyl (C=O) groups is 1. The Bertz CT molecular complexity index is 467. The number of aliphatic hydroxyl groups excluding tert-OH is 1. The van der Waals surface area contributed by atoms with E-state index in [4.69, 9.17) is 10.2 Å². The van der Waals surface area contributed by atoms with Crippen LogP contribution in [0, 0.1) is 10.1 Å². The van der Waals surface area contributed by atoms with Crippen LogP contribution in [0.25, 0.3) is 6.08 Å². The summed E-state index contributed by atoms with van der Waals surface area (Å²) in [6.07, 6.45) is 2.58. The summed E-state index contributed by atoms with van der Waals surface area (Å²) in [6.45, 7) is -0.162. The molecule has 0 saturated heterocycles. The van der Waals surface area contributed by atoms with Crippen molar-refractivity contribution >= 4 is 17.7 Å². The van der Waals surface area contributed by atoms with Gasteiger partial charge in [-0.2, -0.15) is 0 Å². The molecular formula is C11H11NO5. The van der Waals surface area contributed by atoms with Crippen LogP contribution in [0.5, 0.6) is 0 Å². The lowest BCUT2D eigenvalue weighted by Crippen LogP contribution is -2.03. The molecule has 1 rings (SSSR count). The Kier molecular flexibility index (Phi) is 4.36. The molecule has 90 valence electrons. The molecule has 0 spiro atoms. The first kappa shape index (κ1) is 12.9. The Hall–Kier alpha value is -2.21. The lowest BCUT2D eigenvalue weighted by Gasteiger charge is -2.01. The number of rotatable bonds is 5. The van der Waals surface area contributed by atoms with E-state index in [9.17, 15) is 14.9 Å². The lowest BCUT2D eigenvalue weighted by atomic mass is 10.1. The number of hydrogen-bond donors (Lipinski definition) is 2. The molecule has 17 heavy (non-hydrogen) atoms. The molecule has 0 bridgehead atoms. The SMILES string of the molecule is O=C(O)Cc1ccc(C=CCO)cc1[N+](=O)[O-]. The molecule has 0 amide bonds. The van der Waals surface area contributed by atoms with Crippen LogP contribution < -0.4 is 0 Å². The van der Waals surface area contributed by atoms with Gasteiger partial charge in [-0.25, -0.2) is 0 Å². The molecule has 1 aromatic carbocycles. The van der Waals surface area contributed by atoms with E-state index in [0.717, 1.165) is 0 Å². The van der Waals surface area contributed by atoms with Gasteiger partial charge in [-0.1, -0.05) is 24.3 Å². The van der Waals surface area contributed by atoms with Gasteiger partial charge >= 0.3 is 5.97 Å². The minimum absolute atomic E-state index is 0.156. The van der Waals surface area contributed by atoms with Gasteiger partial charge in [0.05, 0.1) is 18.0 Å². The first-order valence-corrected chi connectivity index (χ1v) is 4.81. The van der Waals surface area contributed by atoms with Crippen molar-refractivity contribution in [2.75, 3.05) is 6.61 Å². The van der Waals surface area contributed by atoms with Crippen molar-refractivity contribution in [3.63, 3.8) is 0 Å². The zero-order chi connectivity index (χ0) is 12.8. The highest BCUT2D eigenvalue weighted by atomic mass is 16.6. The number of carboxylic acid groups (broad SMARTS) is 1. The number of benzene rings is 1. The van der Waals surface area contributed by atoms with E-state index < -0.39 is 10.9 Å². The summed E-state index contributed by atoms with van der Waals surface area (Å²) in [5.74, 6) is -1.12. The summed E-state index contributed by atoms with van der Waals surface area (Å²) < 4.78 is 0. The summed E-state index contributed by atoms with van der Waals surface area (Å²) >= 11 is 0. The number of aliphatic hydroxyl groups is 1. The standard InChI is InChI=1S/C11H11NO5/c13-5-1-2-8-3-4-9(7-11(14)15)10(6-8)12(16)17/h1-4,6,13H,5,7H2,(H,14,15). The van der Waals surface area contributed by atoms with Crippen LogP contribution in [0.2, 0.25) is 0 Å². The molecule has 0 aliphatic rings. The first-order chi connectivity index (χ1) is 8.04. The van der Waals surface area contributed by atoms with Crippen LogP contribution in [0.15, 0.2) is 24.3 Å². The maximum Gasteiger partial charge on any atom is 0.308 e. The third-order valence-corrected chi connectivity index (χ3v) is 2.06. The van der Waals surface area contributed by atoms with Gasteiger partial charge in [-0.05, 0) is 5.56 Å². The topological polar surface area (TPSA) is 101 Å². The fourth-order valence-corrected chi connectivity index (χ4v) is 1.36. The Morgan fingerprint density at radius 2 is 2.18 bits per heavy atom. The molecule has 0 radical (unpaired) electrons. The number of nitrogens with zero attached hydrogens (tertiary/aromatic N) is 1. The normalized spacial score (nSPS) is 10.6. The van der Waals surface area contributed by atoms with Crippen LogP contribution in [0.1, 0.15) is 11.1 Å². The van der Waals surface area contributed by atoms with E-state index in [2.05, 4.69) is 0 Å². The van der Waals surface area contributed by atoms with E-state index in [-0.39, 0.29) is 24.3 Å². The molecule has 2 N–H and O–H groups in total. The zero-order valence-corrected chi connectivity index (χ0v) is 8.87. The maximum atomic E-state index is 10.8. The van der Waals surface area contributed by atoms with Crippen LogP contribution in [-0.4, -0.2) is 27.7 Å². The fourth-order valence-electron chi connectivity index (χ4n) is 1.36. The lowest BCUT2D eigenvalue weighted by molar-refractivity contribution is -0.385. The van der Waals surface area contributed by atoms with Gasteiger partial charge in [-0.3, -0.25) is 14.9 Å². The summed E-state index contributed by atoms with van der Waals surface area (Å²) in [6, 6.07) is 4.26. The number of aliphatic carboxylic acids is 1. The fraction of sp³-hybridized carbons (Fsp3) is 0.182. The van der Waals surface area contributed by atoms with Crippen molar-refractivity contribution in [1.29, 1.82) is 0 Å². The Balaban J connectivity index is 3.12. The second kappa shape index (κ2) is 5.76. The third-order valence-electron chi connectivity index (χ3n) is 2.06. The predicted molar refractivity (Wildman–Crippen MR) is 60.6 cm³/mol. The summed E-state index contributed by atoms with van der Waals surface area (Å²) in [7, 11) is 0. The number of nitro groups is 1. The van der Waals surface area contributed by atoms with E-state index in [0.29, 0.717) is 5.56 Å². The van der Waals surface area contributed by atoms with Gasteiger partial charge in [0.1, 0.15) is 0 Å². The predicted octanol–water partition coefficient (Wildman–Crippen LogP) is 1.23. The molecule has 6 nitrogen and oxygen atoms in total. The molecule has 0 heterocycles. The van der Waals surface area contributed by atoms with E-state index in [1.807, 2.05) is 0 Å². The van der Waals surface area contributed by atoms with Crippen molar-refractivity contribution in [2.45, 2.75) is 6.42 Å². The highest BCUT2D eigenvalue weighted by Crippen LogP contribution is 2.21. The van der Waals surface area contributed by atoms with Gasteiger partial charge in [0, 0.05) is 11.6 Å². The second-order valence-corrected chi connectivity index (χ2v) is 3.30. The molecular weight excluding hydrogens is 226 g/mol. The molecule has 1 aromatic rings. The molecule has 0 aliphatic heterocycles. The van der Waals surface area contributed by atoms with Crippen LogP contribution in [-0.2, 0) is 11.2 Å². The monoisotopic (exact) mass is 237 g/mol. The molecule has 0 aromatic heterocycles. The van der Waals surface area contributed by atoms with Gasteiger partial charge in [0.2, 0.25) is 0 Å². The first-order valence-electron chi connectivity index (χ1n) is 4.81. The number of hydrogen-bond acceptors (Lipinski definition) is 4. The minimum Gasteiger partial charge on any atom is -0.481 e. The van der Waals surface area contributed by atoms with Crippen LogP contribution >= 0.6 is 0 Å². The highest BCUT2D eigenvalue weighted by molar-refractivity contribution is 5.72. The molecule has 6 heteroatoms. The summed E-state index contributed by atoms with van der Waals surface area (Å²) in [5, 5.41) is 28.0. The van der Waals surface area contributed by atoms with E-state index >= 15 is 0 Å². The number of carboxylic acids is 1. The minimum atomic E-state index is -1.12. The van der Waals surface area contributed by atoms with Crippen molar-refractivity contribution in [3.8, 4) is 0 Å².